The van der Waals surface area contributed by atoms with Crippen molar-refractivity contribution in [3.63, 3.8) is 0 Å². The molecule has 0 radical (unpaired) electrons. The third-order valence-electron chi connectivity index (χ3n) is 7.13. The maximum absolute atomic E-state index is 13.7. The summed E-state index contributed by atoms with van der Waals surface area (Å²) in [5, 5.41) is 4.52. The van der Waals surface area contributed by atoms with Gasteiger partial charge in [-0.25, -0.2) is 0 Å². The smallest absolute Gasteiger partial charge is 0.287 e. The molecule has 0 unspecified atom stereocenters. The van der Waals surface area contributed by atoms with Crippen LogP contribution in [0.2, 0.25) is 0 Å². The molecule has 1 aliphatic heterocycles. The maximum atomic E-state index is 13.7. The SMILES string of the molecule is Cc1ccc(CSc2c(N3CCN(C(=O)CN(C)C(=O)c4ccccc4)CC3)cnn(-c3ccccc3)c2=O)cc1. The Morgan fingerprint density at radius 3 is 2.17 bits per heavy atom. The fourth-order valence-electron chi connectivity index (χ4n) is 4.76. The van der Waals surface area contributed by atoms with Gasteiger partial charge in [-0.15, -0.1) is 11.8 Å². The predicted molar refractivity (Wildman–Crippen MR) is 163 cm³/mol. The fraction of sp³-hybridized carbons (Fsp3) is 0.250. The van der Waals surface area contributed by atoms with Crippen molar-refractivity contribution in [3.05, 3.63) is 118 Å². The molecule has 41 heavy (non-hydrogen) atoms. The van der Waals surface area contributed by atoms with Crippen molar-refractivity contribution >= 4 is 29.3 Å². The summed E-state index contributed by atoms with van der Waals surface area (Å²) in [6, 6.07) is 26.7. The van der Waals surface area contributed by atoms with Crippen LogP contribution < -0.4 is 10.5 Å². The lowest BCUT2D eigenvalue weighted by Crippen LogP contribution is -2.51. The molecule has 0 atom stereocenters. The predicted octanol–water partition coefficient (Wildman–Crippen LogP) is 4.25. The van der Waals surface area contributed by atoms with E-state index in [1.165, 1.54) is 26.9 Å². The van der Waals surface area contributed by atoms with Crippen LogP contribution in [0, 0.1) is 6.92 Å². The fourth-order valence-corrected chi connectivity index (χ4v) is 5.80. The van der Waals surface area contributed by atoms with Crippen LogP contribution in [0.5, 0.6) is 0 Å². The van der Waals surface area contributed by atoms with Crippen molar-refractivity contribution in [1.82, 2.24) is 19.6 Å². The van der Waals surface area contributed by atoms with E-state index < -0.39 is 0 Å². The van der Waals surface area contributed by atoms with Crippen molar-refractivity contribution in [2.24, 2.45) is 0 Å². The Kier molecular flexibility index (Phi) is 8.84. The molecule has 5 rings (SSSR count). The lowest BCUT2D eigenvalue weighted by atomic mass is 10.2. The maximum Gasteiger partial charge on any atom is 0.287 e. The quantitative estimate of drug-likeness (QED) is 0.296. The van der Waals surface area contributed by atoms with Gasteiger partial charge in [0.2, 0.25) is 5.91 Å². The molecule has 9 heteroatoms. The van der Waals surface area contributed by atoms with E-state index in [-0.39, 0.29) is 23.9 Å². The van der Waals surface area contributed by atoms with Gasteiger partial charge in [0, 0.05) is 44.5 Å². The first-order chi connectivity index (χ1) is 19.9. The molecule has 0 aliphatic carbocycles. The molecule has 1 fully saturated rings. The average Bonchev–Trinajstić information content (AvgIpc) is 3.01. The Balaban J connectivity index is 1.30. The molecule has 0 saturated carbocycles. The van der Waals surface area contributed by atoms with Crippen molar-refractivity contribution in [2.75, 3.05) is 44.7 Å². The average molecular weight is 568 g/mol. The van der Waals surface area contributed by atoms with E-state index in [1.54, 1.807) is 30.3 Å². The molecule has 4 aromatic rings. The van der Waals surface area contributed by atoms with E-state index in [1.807, 2.05) is 48.5 Å². The highest BCUT2D eigenvalue weighted by molar-refractivity contribution is 7.98. The first kappa shape index (κ1) is 28.2. The van der Waals surface area contributed by atoms with Gasteiger partial charge in [0.15, 0.2) is 0 Å². The van der Waals surface area contributed by atoms with Crippen LogP contribution in [0.1, 0.15) is 21.5 Å². The van der Waals surface area contributed by atoms with Gasteiger partial charge in [-0.3, -0.25) is 14.4 Å². The van der Waals surface area contributed by atoms with E-state index in [2.05, 4.69) is 41.2 Å². The molecule has 1 aliphatic rings. The van der Waals surface area contributed by atoms with Gasteiger partial charge >= 0.3 is 0 Å². The summed E-state index contributed by atoms with van der Waals surface area (Å²) in [6.45, 7) is 4.19. The van der Waals surface area contributed by atoms with Crippen LogP contribution in [0.3, 0.4) is 0 Å². The Hall–Kier alpha value is -4.37. The lowest BCUT2D eigenvalue weighted by Gasteiger charge is -2.37. The molecule has 0 spiro atoms. The van der Waals surface area contributed by atoms with E-state index in [0.717, 1.165) is 11.3 Å². The third kappa shape index (κ3) is 6.69. The third-order valence-corrected chi connectivity index (χ3v) is 8.28. The van der Waals surface area contributed by atoms with Gasteiger partial charge in [-0.2, -0.15) is 9.78 Å². The summed E-state index contributed by atoms with van der Waals surface area (Å²) < 4.78 is 1.44. The lowest BCUT2D eigenvalue weighted by molar-refractivity contribution is -0.131. The van der Waals surface area contributed by atoms with Gasteiger partial charge in [0.05, 0.1) is 24.1 Å². The van der Waals surface area contributed by atoms with Gasteiger partial charge in [-0.05, 0) is 36.8 Å². The summed E-state index contributed by atoms with van der Waals surface area (Å²) >= 11 is 1.51. The Morgan fingerprint density at radius 1 is 0.878 bits per heavy atom. The Morgan fingerprint density at radius 2 is 1.51 bits per heavy atom. The largest absolute Gasteiger partial charge is 0.366 e. The van der Waals surface area contributed by atoms with Crippen LogP contribution in [0.4, 0.5) is 5.69 Å². The summed E-state index contributed by atoms with van der Waals surface area (Å²) in [7, 11) is 1.65. The van der Waals surface area contributed by atoms with E-state index >= 15 is 0 Å². The van der Waals surface area contributed by atoms with Crippen LogP contribution >= 0.6 is 11.8 Å². The summed E-state index contributed by atoms with van der Waals surface area (Å²) in [5.74, 6) is 0.377. The summed E-state index contributed by atoms with van der Waals surface area (Å²) in [4.78, 5) is 45.5. The summed E-state index contributed by atoms with van der Waals surface area (Å²) in [6.07, 6.45) is 1.76. The highest BCUT2D eigenvalue weighted by Crippen LogP contribution is 2.30. The molecule has 0 N–H and O–H groups in total. The van der Waals surface area contributed by atoms with Crippen molar-refractivity contribution in [3.8, 4) is 5.69 Å². The molecule has 3 aromatic carbocycles. The minimum Gasteiger partial charge on any atom is -0.366 e. The van der Waals surface area contributed by atoms with Crippen molar-refractivity contribution in [1.29, 1.82) is 0 Å². The topological polar surface area (TPSA) is 78.8 Å². The number of para-hydroxylation sites is 1. The second-order valence-corrected chi connectivity index (χ2v) is 11.1. The van der Waals surface area contributed by atoms with E-state index in [9.17, 15) is 14.4 Å². The minimum atomic E-state index is -0.183. The second kappa shape index (κ2) is 12.9. The Labute approximate surface area is 244 Å². The number of anilines is 1. The normalized spacial score (nSPS) is 13.2. The van der Waals surface area contributed by atoms with E-state index in [0.29, 0.717) is 48.1 Å². The Bertz CT molecular complexity index is 1550. The standard InChI is InChI=1S/C32H33N5O3S/c1-24-13-15-25(16-14-24)23-41-30-28(21-33-37(32(30)40)27-11-7-4-8-12-27)35-17-19-36(20-18-35)29(38)22-34(2)31(39)26-9-5-3-6-10-26/h3-16,21H,17-20,22-23H2,1-2H3. The first-order valence-electron chi connectivity index (χ1n) is 13.6. The van der Waals surface area contributed by atoms with Gasteiger partial charge in [0.25, 0.3) is 11.5 Å². The number of hydrogen-bond donors (Lipinski definition) is 0. The highest BCUT2D eigenvalue weighted by atomic mass is 32.2. The van der Waals surface area contributed by atoms with Crippen LogP contribution in [0.25, 0.3) is 5.69 Å². The van der Waals surface area contributed by atoms with Gasteiger partial charge in [-0.1, -0.05) is 66.2 Å². The number of amides is 2. The molecule has 1 saturated heterocycles. The number of thioether (sulfide) groups is 1. The zero-order valence-electron chi connectivity index (χ0n) is 23.3. The number of hydrogen-bond acceptors (Lipinski definition) is 6. The van der Waals surface area contributed by atoms with Crippen LogP contribution in [-0.2, 0) is 10.5 Å². The number of carbonyl (C=O) groups excluding carboxylic acids is 2. The van der Waals surface area contributed by atoms with E-state index in [4.69, 9.17) is 0 Å². The van der Waals surface area contributed by atoms with Gasteiger partial charge in [0.1, 0.15) is 4.90 Å². The van der Waals surface area contributed by atoms with Gasteiger partial charge < -0.3 is 14.7 Å². The number of aromatic nitrogens is 2. The van der Waals surface area contributed by atoms with Crippen molar-refractivity contribution in [2.45, 2.75) is 17.6 Å². The number of benzene rings is 3. The number of aryl methyl sites for hydroxylation is 1. The molecule has 1 aromatic heterocycles. The zero-order chi connectivity index (χ0) is 28.8. The molecule has 210 valence electrons. The summed E-state index contributed by atoms with van der Waals surface area (Å²) in [5.41, 5.74) is 4.22. The number of likely N-dealkylation sites (N-methyl/N-ethyl adjacent to an activating group) is 1. The number of rotatable bonds is 8. The second-order valence-electron chi connectivity index (χ2n) is 10.1. The number of piperazine rings is 1. The molecular weight excluding hydrogens is 534 g/mol. The molecule has 0 bridgehead atoms. The van der Waals surface area contributed by atoms with Crippen LogP contribution in [0.15, 0.2) is 101 Å². The first-order valence-corrected chi connectivity index (χ1v) is 14.6. The zero-order valence-corrected chi connectivity index (χ0v) is 24.1. The monoisotopic (exact) mass is 567 g/mol. The van der Waals surface area contributed by atoms with Crippen LogP contribution in [-0.4, -0.2) is 71.2 Å². The molecule has 2 heterocycles. The number of nitrogens with zero attached hydrogens (tertiary/aromatic N) is 5. The number of carbonyl (C=O) groups is 2. The molecule has 8 nitrogen and oxygen atoms in total. The molecule has 2 amide bonds. The highest BCUT2D eigenvalue weighted by Gasteiger charge is 2.26. The minimum absolute atomic E-state index is 0.0139. The molecular formula is C32H33N5O3S. The van der Waals surface area contributed by atoms with Crippen molar-refractivity contribution < 1.29 is 9.59 Å².